The second-order valence-corrected chi connectivity index (χ2v) is 7.19. The number of hydrogen-bond acceptors (Lipinski definition) is 2. The Balaban J connectivity index is 1.86. The molecule has 0 aliphatic carbocycles. The minimum absolute atomic E-state index is 0.132. The standard InChI is InChI=1S/C22H21N2O.Zr/c25-19-24(18-22-14-8-3-9-15-22)23(16-20-10-4-1-5-11-20)17-21-12-6-2-7-13-21;/h1-15H,16-18H2;. The van der Waals surface area contributed by atoms with Crippen molar-refractivity contribution in [1.82, 2.24) is 10.0 Å². The SMILES string of the molecule is O=[C]([Zr])N(Cc1ccccc1)N(Cc1ccccc1)Cc1ccccc1. The third-order valence-electron chi connectivity index (χ3n) is 4.17. The fourth-order valence-corrected chi connectivity index (χ4v) is 3.41. The molecule has 0 aliphatic rings. The van der Waals surface area contributed by atoms with Crippen LogP contribution in [0.1, 0.15) is 16.7 Å². The quantitative estimate of drug-likeness (QED) is 0.514. The van der Waals surface area contributed by atoms with Gasteiger partial charge in [0, 0.05) is 0 Å². The number of carbonyl (C=O) groups is 1. The Kier molecular flexibility index (Phi) is 6.93. The van der Waals surface area contributed by atoms with Gasteiger partial charge in [-0.1, -0.05) is 0 Å². The summed E-state index contributed by atoms with van der Waals surface area (Å²) in [7, 11) is 0. The zero-order valence-electron chi connectivity index (χ0n) is 14.6. The van der Waals surface area contributed by atoms with E-state index in [0.717, 1.165) is 30.3 Å². The van der Waals surface area contributed by atoms with Crippen LogP contribution < -0.4 is 0 Å². The van der Waals surface area contributed by atoms with Gasteiger partial charge >= 0.3 is 170 Å². The Bertz CT molecular complexity index is 768. The van der Waals surface area contributed by atoms with Gasteiger partial charge in [0.2, 0.25) is 0 Å². The minimum atomic E-state index is 0.132. The van der Waals surface area contributed by atoms with Crippen LogP contribution in [0.25, 0.3) is 0 Å². The van der Waals surface area contributed by atoms with Crippen molar-refractivity contribution in [3.8, 4) is 0 Å². The van der Waals surface area contributed by atoms with Crippen LogP contribution in [0, 0.1) is 0 Å². The van der Waals surface area contributed by atoms with Gasteiger partial charge in [0.15, 0.2) is 0 Å². The molecule has 0 bridgehead atoms. The molecular formula is C22H21N2OZr. The third-order valence-corrected chi connectivity index (χ3v) is 4.80. The van der Waals surface area contributed by atoms with Crippen molar-refractivity contribution < 1.29 is 29.5 Å². The molecule has 3 aromatic carbocycles. The predicted molar refractivity (Wildman–Crippen MR) is 99.5 cm³/mol. The number of carbonyl (C=O) groups excluding carboxylic acids is 1. The van der Waals surface area contributed by atoms with Crippen LogP contribution in [0.2, 0.25) is 0 Å². The van der Waals surface area contributed by atoms with Gasteiger partial charge in [-0.25, -0.2) is 0 Å². The summed E-state index contributed by atoms with van der Waals surface area (Å²) in [5.74, 6) is 0. The number of hydrazine groups is 1. The van der Waals surface area contributed by atoms with Gasteiger partial charge in [-0.05, 0) is 0 Å². The van der Waals surface area contributed by atoms with Crippen molar-refractivity contribution in [1.29, 1.82) is 0 Å². The summed E-state index contributed by atoms with van der Waals surface area (Å²) in [6, 6.07) is 30.8. The summed E-state index contributed by atoms with van der Waals surface area (Å²) in [4.78, 5) is 12.5. The van der Waals surface area contributed by atoms with E-state index in [2.05, 4.69) is 41.4 Å². The molecule has 3 nitrogen and oxygen atoms in total. The normalized spacial score (nSPS) is 10.6. The molecule has 0 aromatic heterocycles. The van der Waals surface area contributed by atoms with Gasteiger partial charge in [0.05, 0.1) is 0 Å². The van der Waals surface area contributed by atoms with Crippen LogP contribution in [-0.4, -0.2) is 13.6 Å². The summed E-state index contributed by atoms with van der Waals surface area (Å²) in [6.45, 7) is 1.98. The molecule has 0 radical (unpaired) electrons. The monoisotopic (exact) mass is 419 g/mol. The molecule has 0 spiro atoms. The van der Waals surface area contributed by atoms with Crippen LogP contribution >= 0.6 is 0 Å². The molecule has 0 saturated heterocycles. The van der Waals surface area contributed by atoms with Crippen LogP contribution in [-0.2, 0) is 44.4 Å². The number of hydrogen-bond donors (Lipinski definition) is 0. The van der Waals surface area contributed by atoms with Crippen molar-refractivity contribution in [2.75, 3.05) is 0 Å². The predicted octanol–water partition coefficient (Wildman–Crippen LogP) is 4.77. The maximum absolute atomic E-state index is 12.5. The van der Waals surface area contributed by atoms with Crippen LogP contribution in [0.5, 0.6) is 0 Å². The van der Waals surface area contributed by atoms with Crippen molar-refractivity contribution in [3.05, 3.63) is 108 Å². The number of nitrogens with zero attached hydrogens (tertiary/aromatic N) is 2. The van der Waals surface area contributed by atoms with Crippen LogP contribution in [0.3, 0.4) is 0 Å². The topological polar surface area (TPSA) is 23.6 Å². The Morgan fingerprint density at radius 3 is 1.31 bits per heavy atom. The van der Waals surface area contributed by atoms with Gasteiger partial charge in [0.1, 0.15) is 0 Å². The molecular weight excluding hydrogens is 399 g/mol. The molecule has 0 N–H and O–H groups in total. The second-order valence-electron chi connectivity index (χ2n) is 6.14. The molecule has 129 valence electrons. The van der Waals surface area contributed by atoms with Gasteiger partial charge in [-0.3, -0.25) is 0 Å². The molecule has 4 heteroatoms. The van der Waals surface area contributed by atoms with E-state index in [-0.39, 0.29) is 3.62 Å². The van der Waals surface area contributed by atoms with Gasteiger partial charge in [-0.2, -0.15) is 0 Å². The zero-order valence-corrected chi connectivity index (χ0v) is 17.0. The molecule has 0 unspecified atom stereocenters. The molecule has 0 aliphatic heterocycles. The summed E-state index contributed by atoms with van der Waals surface area (Å²) in [5.41, 5.74) is 3.52. The molecule has 1 amide bonds. The van der Waals surface area contributed by atoms with E-state index < -0.39 is 0 Å². The van der Waals surface area contributed by atoms with E-state index in [4.69, 9.17) is 0 Å². The number of rotatable bonds is 7. The fourth-order valence-electron chi connectivity index (χ4n) is 2.87. The Hall–Kier alpha value is -2.03. The maximum atomic E-state index is 12.5. The first-order valence-corrected chi connectivity index (χ1v) is 9.85. The molecule has 0 saturated carbocycles. The first kappa shape index (κ1) is 18.8. The number of benzene rings is 3. The Labute approximate surface area is 170 Å². The Morgan fingerprint density at radius 1 is 0.615 bits per heavy atom. The van der Waals surface area contributed by atoms with Gasteiger partial charge in [-0.15, -0.1) is 0 Å². The first-order valence-electron chi connectivity index (χ1n) is 8.62. The summed E-state index contributed by atoms with van der Waals surface area (Å²) in [5, 5.41) is 4.03. The average Bonchev–Trinajstić information content (AvgIpc) is 2.68. The van der Waals surface area contributed by atoms with E-state index >= 15 is 0 Å². The van der Waals surface area contributed by atoms with Crippen molar-refractivity contribution in [2.45, 2.75) is 19.6 Å². The summed E-state index contributed by atoms with van der Waals surface area (Å²) in [6.07, 6.45) is 0. The van der Waals surface area contributed by atoms with Crippen LogP contribution in [0.15, 0.2) is 91.0 Å². The number of amides is 1. The van der Waals surface area contributed by atoms with Gasteiger partial charge in [0.25, 0.3) is 0 Å². The third kappa shape index (κ3) is 5.49. The molecule has 3 rings (SSSR count). The van der Waals surface area contributed by atoms with Crippen molar-refractivity contribution >= 4 is 3.62 Å². The summed E-state index contributed by atoms with van der Waals surface area (Å²) >= 11 is 0.892. The molecule has 0 atom stereocenters. The molecule has 26 heavy (non-hydrogen) atoms. The average molecular weight is 421 g/mol. The zero-order chi connectivity index (χ0) is 18.2. The van der Waals surface area contributed by atoms with Crippen LogP contribution in [0.4, 0.5) is 4.79 Å². The Morgan fingerprint density at radius 2 is 0.962 bits per heavy atom. The fraction of sp³-hybridized carbons (Fsp3) is 0.136. The summed E-state index contributed by atoms with van der Waals surface area (Å²) < 4.78 is 0.132. The second kappa shape index (κ2) is 9.61. The van der Waals surface area contributed by atoms with E-state index in [1.54, 1.807) is 0 Å². The van der Waals surface area contributed by atoms with E-state index in [9.17, 15) is 4.79 Å². The molecule has 0 fully saturated rings. The van der Waals surface area contributed by atoms with Crippen molar-refractivity contribution in [3.63, 3.8) is 0 Å². The van der Waals surface area contributed by atoms with E-state index in [1.165, 1.54) is 11.1 Å². The van der Waals surface area contributed by atoms with E-state index in [0.29, 0.717) is 19.6 Å². The van der Waals surface area contributed by atoms with E-state index in [1.807, 2.05) is 59.6 Å². The van der Waals surface area contributed by atoms with Crippen molar-refractivity contribution in [2.24, 2.45) is 0 Å². The first-order chi connectivity index (χ1) is 12.7. The van der Waals surface area contributed by atoms with Gasteiger partial charge < -0.3 is 0 Å². The molecule has 3 aromatic rings. The molecule has 0 heterocycles.